The first kappa shape index (κ1) is 11.1. The van der Waals surface area contributed by atoms with Crippen molar-refractivity contribution in [1.29, 1.82) is 0 Å². The van der Waals surface area contributed by atoms with Crippen LogP contribution in [-0.2, 0) is 9.59 Å². The average molecular weight is 152 g/mol. The lowest BCUT2D eigenvalue weighted by molar-refractivity contribution is -0.123. The lowest BCUT2D eigenvalue weighted by Crippen LogP contribution is -2.27. The molecule has 0 rings (SSSR count). The van der Waals surface area contributed by atoms with Crippen LogP contribution in [0.3, 0.4) is 0 Å². The molecule has 0 aliphatic heterocycles. The van der Waals surface area contributed by atoms with Crippen LogP contribution in [0.4, 0.5) is 0 Å². The molecule has 0 spiro atoms. The van der Waals surface area contributed by atoms with Crippen LogP contribution in [0.5, 0.6) is 0 Å². The van der Waals surface area contributed by atoms with Gasteiger partial charge in [-0.05, 0) is 0 Å². The van der Waals surface area contributed by atoms with Crippen molar-refractivity contribution in [1.82, 2.24) is 11.1 Å². The fourth-order valence-corrected chi connectivity index (χ4v) is 0.205. The van der Waals surface area contributed by atoms with E-state index in [1.807, 2.05) is 0 Å². The molecule has 0 aromatic rings. The first-order valence-electron chi connectivity index (χ1n) is 2.12. The Bertz CT molecular complexity index is 101. The molecule has 5 heteroatoms. The van der Waals surface area contributed by atoms with E-state index >= 15 is 0 Å². The zero-order valence-corrected chi connectivity index (χ0v) is 5.75. The van der Waals surface area contributed by atoms with Crippen molar-refractivity contribution >= 4 is 24.2 Å². The molecule has 0 aliphatic carbocycles. The van der Waals surface area contributed by atoms with E-state index in [0.29, 0.717) is 0 Å². The number of hydrogen-bond acceptors (Lipinski definition) is 2. The van der Waals surface area contributed by atoms with Crippen LogP contribution in [0.2, 0.25) is 0 Å². The fraction of sp³-hybridized carbons (Fsp3) is 0.500. The van der Waals surface area contributed by atoms with Gasteiger partial charge in [0.05, 0.1) is 6.54 Å². The van der Waals surface area contributed by atoms with Crippen molar-refractivity contribution in [2.24, 2.45) is 0 Å². The van der Waals surface area contributed by atoms with Crippen molar-refractivity contribution in [3.05, 3.63) is 0 Å². The third-order valence-electron chi connectivity index (χ3n) is 0.498. The summed E-state index contributed by atoms with van der Waals surface area (Å²) in [5, 5.41) is 2.17. The van der Waals surface area contributed by atoms with E-state index in [2.05, 4.69) is 5.32 Å². The smallest absolute Gasteiger partial charge is 0.257 e. The van der Waals surface area contributed by atoms with E-state index in [9.17, 15) is 9.59 Å². The third-order valence-corrected chi connectivity index (χ3v) is 0.498. The predicted molar refractivity (Wildman–Crippen MR) is 34.0 cm³/mol. The molecule has 0 aromatic heterocycles. The van der Waals surface area contributed by atoms with E-state index in [0.717, 1.165) is 0 Å². The number of halogens is 1. The van der Waals surface area contributed by atoms with Gasteiger partial charge in [-0.3, -0.25) is 15.3 Å². The van der Waals surface area contributed by atoms with Crippen LogP contribution in [0.15, 0.2) is 0 Å². The normalized spacial score (nSPS) is 7.22. The molecule has 1 radical (unpaired) electrons. The Morgan fingerprint density at radius 3 is 2.11 bits per heavy atom. The summed E-state index contributed by atoms with van der Waals surface area (Å²) in [4.78, 5) is 19.8. The SMILES string of the molecule is CC(=O)NCC([NH])=O.Cl. The quantitative estimate of drug-likeness (QED) is 0.570. The molecule has 0 saturated carbocycles. The van der Waals surface area contributed by atoms with E-state index in [-0.39, 0.29) is 24.9 Å². The highest BCUT2D eigenvalue weighted by Crippen LogP contribution is 1.59. The first-order valence-corrected chi connectivity index (χ1v) is 2.12. The molecule has 2 amide bonds. The Kier molecular flexibility index (Phi) is 6.61. The molecule has 0 atom stereocenters. The number of nitrogens with one attached hydrogen (secondary N) is 2. The zero-order chi connectivity index (χ0) is 6.57. The summed E-state index contributed by atoms with van der Waals surface area (Å²) in [6.07, 6.45) is 0. The second kappa shape index (κ2) is 5.37. The Morgan fingerprint density at radius 2 is 2.00 bits per heavy atom. The minimum Gasteiger partial charge on any atom is -0.347 e. The Hall–Kier alpha value is -0.770. The maximum absolute atomic E-state index is 10.0. The zero-order valence-electron chi connectivity index (χ0n) is 4.93. The molecular formula is C4H8ClN2O2. The van der Waals surface area contributed by atoms with Crippen molar-refractivity contribution < 1.29 is 9.59 Å². The van der Waals surface area contributed by atoms with E-state index in [1.165, 1.54) is 6.92 Å². The van der Waals surface area contributed by atoms with Crippen LogP contribution < -0.4 is 11.1 Å². The lowest BCUT2D eigenvalue weighted by atomic mass is 10.6. The minimum atomic E-state index is -0.778. The van der Waals surface area contributed by atoms with Gasteiger partial charge >= 0.3 is 0 Å². The molecule has 0 unspecified atom stereocenters. The minimum absolute atomic E-state index is 0. The number of carbonyl (C=O) groups is 2. The predicted octanol–water partition coefficient (Wildman–Crippen LogP) is -0.646. The van der Waals surface area contributed by atoms with Gasteiger partial charge in [0, 0.05) is 6.92 Å². The van der Waals surface area contributed by atoms with Gasteiger partial charge in [-0.1, -0.05) is 0 Å². The number of rotatable bonds is 2. The van der Waals surface area contributed by atoms with E-state index < -0.39 is 5.91 Å². The average Bonchev–Trinajstić information content (AvgIpc) is 1.61. The van der Waals surface area contributed by atoms with Crippen LogP contribution in [-0.4, -0.2) is 18.4 Å². The summed E-state index contributed by atoms with van der Waals surface area (Å²) >= 11 is 0. The number of amides is 2. The second-order valence-corrected chi connectivity index (χ2v) is 1.33. The van der Waals surface area contributed by atoms with Gasteiger partial charge in [0.15, 0.2) is 0 Å². The number of carbonyl (C=O) groups excluding carboxylic acids is 2. The Labute approximate surface area is 59.2 Å². The maximum atomic E-state index is 10.0. The topological polar surface area (TPSA) is 70.0 Å². The molecule has 4 nitrogen and oxygen atoms in total. The van der Waals surface area contributed by atoms with Gasteiger partial charge in [-0.2, -0.15) is 0 Å². The van der Waals surface area contributed by atoms with Gasteiger partial charge in [-0.25, -0.2) is 0 Å². The third kappa shape index (κ3) is 11.1. The fourth-order valence-electron chi connectivity index (χ4n) is 0.205. The number of hydrogen-bond donors (Lipinski definition) is 1. The standard InChI is InChI=1S/C4H7N2O2.ClH/c1-3(7)6-2-4(5)8;/h5H,2H2,1H3,(H,6,7);1H. The molecule has 9 heavy (non-hydrogen) atoms. The molecule has 0 heterocycles. The highest BCUT2D eigenvalue weighted by Gasteiger charge is 1.93. The largest absolute Gasteiger partial charge is 0.347 e. The lowest BCUT2D eigenvalue weighted by Gasteiger charge is -1.92. The molecule has 53 valence electrons. The van der Waals surface area contributed by atoms with Gasteiger partial charge < -0.3 is 5.32 Å². The van der Waals surface area contributed by atoms with Crippen LogP contribution in [0, 0.1) is 0 Å². The van der Waals surface area contributed by atoms with Gasteiger partial charge in [0.1, 0.15) is 0 Å². The van der Waals surface area contributed by atoms with Gasteiger partial charge in [-0.15, -0.1) is 12.4 Å². The maximum Gasteiger partial charge on any atom is 0.257 e. The Morgan fingerprint density at radius 1 is 1.56 bits per heavy atom. The summed E-state index contributed by atoms with van der Waals surface area (Å²) in [6, 6.07) is 0. The second-order valence-electron chi connectivity index (χ2n) is 1.33. The summed E-state index contributed by atoms with van der Waals surface area (Å²) < 4.78 is 0. The molecule has 0 fully saturated rings. The highest BCUT2D eigenvalue weighted by atomic mass is 35.5. The van der Waals surface area contributed by atoms with Gasteiger partial charge in [0.25, 0.3) is 5.91 Å². The molecule has 0 aliphatic rings. The Balaban J connectivity index is 0. The van der Waals surface area contributed by atoms with Crippen LogP contribution >= 0.6 is 12.4 Å². The van der Waals surface area contributed by atoms with Crippen molar-refractivity contribution in [2.45, 2.75) is 6.92 Å². The first-order chi connectivity index (χ1) is 3.63. The van der Waals surface area contributed by atoms with Crippen LogP contribution in [0.1, 0.15) is 6.92 Å². The van der Waals surface area contributed by atoms with Crippen molar-refractivity contribution in [3.63, 3.8) is 0 Å². The van der Waals surface area contributed by atoms with E-state index in [4.69, 9.17) is 5.73 Å². The summed E-state index contributed by atoms with van der Waals surface area (Å²) in [7, 11) is 0. The van der Waals surface area contributed by atoms with Crippen molar-refractivity contribution in [3.8, 4) is 0 Å². The monoisotopic (exact) mass is 151 g/mol. The molecular weight excluding hydrogens is 144 g/mol. The molecule has 0 bridgehead atoms. The summed E-state index contributed by atoms with van der Waals surface area (Å²) in [5.74, 6) is -1.06. The summed E-state index contributed by atoms with van der Waals surface area (Å²) in [5.41, 5.74) is 6.32. The summed E-state index contributed by atoms with van der Waals surface area (Å²) in [6.45, 7) is 1.11. The van der Waals surface area contributed by atoms with E-state index in [1.54, 1.807) is 0 Å². The van der Waals surface area contributed by atoms with Crippen molar-refractivity contribution in [2.75, 3.05) is 6.54 Å². The molecule has 0 saturated heterocycles. The van der Waals surface area contributed by atoms with Gasteiger partial charge in [0.2, 0.25) is 5.91 Å². The highest BCUT2D eigenvalue weighted by molar-refractivity contribution is 5.85. The molecule has 2 N–H and O–H groups in total. The van der Waals surface area contributed by atoms with Crippen LogP contribution in [0.25, 0.3) is 0 Å². The molecule has 0 aromatic carbocycles.